The molecule has 3 rings (SSSR count). The molecule has 1 saturated heterocycles. The number of rotatable bonds is 4. The molecule has 0 atom stereocenters. The standard InChI is InChI=1S/C13H18N6O2/c1-9(20)7-19-8-15-10-11(18-5-3-14-4-6-18)16-13(21-2)17-12(10)19/h8,14H,3-7H2,1-2H3. The number of anilines is 1. The van der Waals surface area contributed by atoms with Crippen molar-refractivity contribution in [1.29, 1.82) is 0 Å². The van der Waals surface area contributed by atoms with E-state index in [0.29, 0.717) is 17.2 Å². The Morgan fingerprint density at radius 1 is 1.38 bits per heavy atom. The molecule has 8 heteroatoms. The van der Waals surface area contributed by atoms with Crippen LogP contribution in [0, 0.1) is 0 Å². The van der Waals surface area contributed by atoms with Crippen LogP contribution in [0.2, 0.25) is 0 Å². The lowest BCUT2D eigenvalue weighted by atomic mass is 10.3. The van der Waals surface area contributed by atoms with Crippen LogP contribution >= 0.6 is 0 Å². The molecule has 0 saturated carbocycles. The van der Waals surface area contributed by atoms with Gasteiger partial charge in [0.25, 0.3) is 0 Å². The molecule has 2 aromatic rings. The maximum atomic E-state index is 11.4. The van der Waals surface area contributed by atoms with Crippen molar-refractivity contribution in [3.8, 4) is 6.01 Å². The fraction of sp³-hybridized carbons (Fsp3) is 0.538. The molecule has 0 spiro atoms. The quantitative estimate of drug-likeness (QED) is 0.837. The fourth-order valence-corrected chi connectivity index (χ4v) is 2.45. The van der Waals surface area contributed by atoms with Crippen LogP contribution in [0.1, 0.15) is 6.92 Å². The average Bonchev–Trinajstić information content (AvgIpc) is 2.89. The predicted molar refractivity (Wildman–Crippen MR) is 77.6 cm³/mol. The van der Waals surface area contributed by atoms with Crippen LogP contribution in [-0.2, 0) is 11.3 Å². The van der Waals surface area contributed by atoms with Crippen molar-refractivity contribution >= 4 is 22.8 Å². The molecule has 0 unspecified atom stereocenters. The summed E-state index contributed by atoms with van der Waals surface area (Å²) in [5.74, 6) is 0.816. The number of carbonyl (C=O) groups is 1. The second-order valence-corrected chi connectivity index (χ2v) is 5.02. The molecular weight excluding hydrogens is 272 g/mol. The summed E-state index contributed by atoms with van der Waals surface area (Å²) in [6, 6.07) is 0.293. The van der Waals surface area contributed by atoms with Crippen molar-refractivity contribution in [3.63, 3.8) is 0 Å². The van der Waals surface area contributed by atoms with Crippen LogP contribution in [0.4, 0.5) is 5.82 Å². The third-order valence-corrected chi connectivity index (χ3v) is 3.42. The SMILES string of the molecule is COc1nc(N2CCNCC2)c2ncn(CC(C)=O)c2n1. The molecule has 1 N–H and O–H groups in total. The van der Waals surface area contributed by atoms with E-state index in [9.17, 15) is 4.79 Å². The molecule has 2 aromatic heterocycles. The van der Waals surface area contributed by atoms with Crippen molar-refractivity contribution in [2.24, 2.45) is 0 Å². The van der Waals surface area contributed by atoms with Crippen LogP contribution in [0.5, 0.6) is 6.01 Å². The minimum absolute atomic E-state index is 0.0515. The van der Waals surface area contributed by atoms with Gasteiger partial charge in [0, 0.05) is 26.2 Å². The average molecular weight is 290 g/mol. The first kappa shape index (κ1) is 13.7. The predicted octanol–water partition coefficient (Wildman–Crippen LogP) is -0.166. The van der Waals surface area contributed by atoms with Crippen molar-refractivity contribution in [2.45, 2.75) is 13.5 Å². The van der Waals surface area contributed by atoms with E-state index in [1.807, 2.05) is 0 Å². The first-order valence-electron chi connectivity index (χ1n) is 6.91. The highest BCUT2D eigenvalue weighted by Gasteiger charge is 2.20. The van der Waals surface area contributed by atoms with Crippen LogP contribution in [0.25, 0.3) is 11.2 Å². The molecular formula is C13H18N6O2. The monoisotopic (exact) mass is 290 g/mol. The number of ether oxygens (including phenoxy) is 1. The van der Waals surface area contributed by atoms with Gasteiger partial charge in [-0.1, -0.05) is 0 Å². The summed E-state index contributed by atoms with van der Waals surface area (Å²) in [6.07, 6.45) is 1.63. The third-order valence-electron chi connectivity index (χ3n) is 3.42. The fourth-order valence-electron chi connectivity index (χ4n) is 2.45. The number of fused-ring (bicyclic) bond motifs is 1. The van der Waals surface area contributed by atoms with Crippen molar-refractivity contribution in [3.05, 3.63) is 6.33 Å². The molecule has 0 radical (unpaired) electrons. The van der Waals surface area contributed by atoms with E-state index < -0.39 is 0 Å². The number of aromatic nitrogens is 4. The lowest BCUT2D eigenvalue weighted by Gasteiger charge is -2.28. The molecule has 1 aliphatic heterocycles. The van der Waals surface area contributed by atoms with Gasteiger partial charge in [0.1, 0.15) is 5.78 Å². The molecule has 0 amide bonds. The lowest BCUT2D eigenvalue weighted by Crippen LogP contribution is -2.44. The van der Waals surface area contributed by atoms with Crippen LogP contribution in [0.3, 0.4) is 0 Å². The Labute approximate surface area is 122 Å². The van der Waals surface area contributed by atoms with Crippen molar-refractivity contribution < 1.29 is 9.53 Å². The number of ketones is 1. The van der Waals surface area contributed by atoms with E-state index in [1.54, 1.807) is 17.8 Å². The second kappa shape index (κ2) is 5.65. The van der Waals surface area contributed by atoms with Gasteiger partial charge in [0.05, 0.1) is 20.0 Å². The Hall–Kier alpha value is -2.22. The van der Waals surface area contributed by atoms with Gasteiger partial charge in [-0.25, -0.2) is 4.98 Å². The van der Waals surface area contributed by atoms with E-state index in [1.165, 1.54) is 7.11 Å². The number of carbonyl (C=O) groups excluding carboxylic acids is 1. The molecule has 0 bridgehead atoms. The lowest BCUT2D eigenvalue weighted by molar-refractivity contribution is -0.117. The largest absolute Gasteiger partial charge is 0.467 e. The Kier molecular flexibility index (Phi) is 3.70. The summed E-state index contributed by atoms with van der Waals surface area (Å²) in [6.45, 7) is 5.31. The van der Waals surface area contributed by atoms with Gasteiger partial charge in [-0.2, -0.15) is 9.97 Å². The minimum atomic E-state index is 0.0515. The van der Waals surface area contributed by atoms with Crippen molar-refractivity contribution in [1.82, 2.24) is 24.8 Å². The summed E-state index contributed by atoms with van der Waals surface area (Å²) in [4.78, 5) is 26.7. The first-order chi connectivity index (χ1) is 10.2. The maximum Gasteiger partial charge on any atom is 0.320 e. The molecule has 0 aliphatic carbocycles. The van der Waals surface area contributed by atoms with Gasteiger partial charge in [0.15, 0.2) is 17.0 Å². The summed E-state index contributed by atoms with van der Waals surface area (Å²) in [7, 11) is 1.54. The maximum absolute atomic E-state index is 11.4. The van der Waals surface area contributed by atoms with E-state index in [2.05, 4.69) is 25.2 Å². The molecule has 8 nitrogen and oxygen atoms in total. The topological polar surface area (TPSA) is 85.2 Å². The highest BCUT2D eigenvalue weighted by molar-refractivity contribution is 5.85. The number of nitrogens with one attached hydrogen (secondary N) is 1. The minimum Gasteiger partial charge on any atom is -0.467 e. The summed E-state index contributed by atoms with van der Waals surface area (Å²) < 4.78 is 6.92. The Balaban J connectivity index is 2.09. The van der Waals surface area contributed by atoms with Gasteiger partial charge in [-0.3, -0.25) is 4.79 Å². The number of methoxy groups -OCH3 is 1. The Morgan fingerprint density at radius 2 is 2.14 bits per heavy atom. The van der Waals surface area contributed by atoms with E-state index >= 15 is 0 Å². The highest BCUT2D eigenvalue weighted by Crippen LogP contribution is 2.25. The van der Waals surface area contributed by atoms with Crippen LogP contribution in [-0.4, -0.2) is 58.6 Å². The summed E-state index contributed by atoms with van der Waals surface area (Å²) in [5.41, 5.74) is 1.34. The highest BCUT2D eigenvalue weighted by atomic mass is 16.5. The van der Waals surface area contributed by atoms with Gasteiger partial charge < -0.3 is 19.5 Å². The third kappa shape index (κ3) is 2.66. The zero-order chi connectivity index (χ0) is 14.8. The number of piperazine rings is 1. The van der Waals surface area contributed by atoms with Crippen LogP contribution in [0.15, 0.2) is 6.33 Å². The van der Waals surface area contributed by atoms with Gasteiger partial charge in [0.2, 0.25) is 0 Å². The Bertz CT molecular complexity index is 662. The normalized spacial score (nSPS) is 15.4. The van der Waals surface area contributed by atoms with Crippen LogP contribution < -0.4 is 15.0 Å². The van der Waals surface area contributed by atoms with E-state index in [0.717, 1.165) is 32.0 Å². The first-order valence-corrected chi connectivity index (χ1v) is 6.91. The zero-order valence-corrected chi connectivity index (χ0v) is 12.2. The number of hydrogen-bond donors (Lipinski definition) is 1. The number of Topliss-reactive ketones (excluding diaryl/α,β-unsaturated/α-hetero) is 1. The molecule has 3 heterocycles. The van der Waals surface area contributed by atoms with Crippen molar-refractivity contribution in [2.75, 3.05) is 38.2 Å². The Morgan fingerprint density at radius 3 is 2.81 bits per heavy atom. The summed E-state index contributed by atoms with van der Waals surface area (Å²) >= 11 is 0. The molecule has 0 aromatic carbocycles. The number of nitrogens with zero attached hydrogens (tertiary/aromatic N) is 5. The number of imidazole rings is 1. The summed E-state index contributed by atoms with van der Waals surface area (Å²) in [5, 5.41) is 3.31. The van der Waals surface area contributed by atoms with E-state index in [-0.39, 0.29) is 12.3 Å². The van der Waals surface area contributed by atoms with Gasteiger partial charge in [-0.05, 0) is 6.92 Å². The molecule has 21 heavy (non-hydrogen) atoms. The number of hydrogen-bond acceptors (Lipinski definition) is 7. The van der Waals surface area contributed by atoms with E-state index in [4.69, 9.17) is 4.74 Å². The van der Waals surface area contributed by atoms with Gasteiger partial charge in [-0.15, -0.1) is 0 Å². The molecule has 1 fully saturated rings. The zero-order valence-electron chi connectivity index (χ0n) is 12.2. The van der Waals surface area contributed by atoms with Gasteiger partial charge >= 0.3 is 6.01 Å². The molecule has 1 aliphatic rings. The second-order valence-electron chi connectivity index (χ2n) is 5.02. The molecule has 112 valence electrons. The smallest absolute Gasteiger partial charge is 0.320 e.